The Morgan fingerprint density at radius 1 is 1.12 bits per heavy atom. The van der Waals surface area contributed by atoms with Crippen molar-refractivity contribution in [3.8, 4) is 5.75 Å². The summed E-state index contributed by atoms with van der Waals surface area (Å²) in [5.41, 5.74) is 3.06. The molecule has 3 nitrogen and oxygen atoms in total. The molecule has 1 heterocycles. The van der Waals surface area contributed by atoms with Crippen molar-refractivity contribution in [1.29, 1.82) is 0 Å². The number of fused-ring (bicyclic) bond motifs is 1. The molecule has 2 aromatic carbocycles. The number of carbonyl (C=O) groups excluding carboxylic acids is 1. The van der Waals surface area contributed by atoms with Crippen LogP contribution in [0.25, 0.3) is 0 Å². The average Bonchev–Trinajstić information content (AvgIpc) is 3.21. The third-order valence-corrected chi connectivity index (χ3v) is 5.46. The smallest absolute Gasteiger partial charge is 0.254 e. The third kappa shape index (κ3) is 3.07. The number of ether oxygens (including phenoxy) is 1. The number of amides is 1. The second kappa shape index (κ2) is 6.60. The van der Waals surface area contributed by atoms with Gasteiger partial charge in [-0.15, -0.1) is 0 Å². The highest BCUT2D eigenvalue weighted by molar-refractivity contribution is 9.10. The molecular formula is C20H20BrNO2. The van der Waals surface area contributed by atoms with E-state index in [0.29, 0.717) is 12.6 Å². The Kier molecular flexibility index (Phi) is 4.31. The molecule has 0 radical (unpaired) electrons. The van der Waals surface area contributed by atoms with Crippen molar-refractivity contribution in [1.82, 2.24) is 4.90 Å². The Morgan fingerprint density at radius 3 is 2.75 bits per heavy atom. The Balaban J connectivity index is 1.47. The lowest BCUT2D eigenvalue weighted by molar-refractivity contribution is 0.0707. The zero-order valence-corrected chi connectivity index (χ0v) is 15.1. The average molecular weight is 386 g/mol. The predicted octanol–water partition coefficient (Wildman–Crippen LogP) is 4.93. The molecule has 124 valence electrons. The molecule has 0 aromatic heterocycles. The van der Waals surface area contributed by atoms with Crippen LogP contribution in [0.3, 0.4) is 0 Å². The maximum absolute atomic E-state index is 12.6. The van der Waals surface area contributed by atoms with Gasteiger partial charge in [0, 0.05) is 22.6 Å². The van der Waals surface area contributed by atoms with E-state index in [0.717, 1.165) is 46.3 Å². The maximum Gasteiger partial charge on any atom is 0.254 e. The van der Waals surface area contributed by atoms with E-state index in [1.807, 2.05) is 36.4 Å². The van der Waals surface area contributed by atoms with E-state index < -0.39 is 0 Å². The van der Waals surface area contributed by atoms with Crippen molar-refractivity contribution >= 4 is 21.8 Å². The highest BCUT2D eigenvalue weighted by Crippen LogP contribution is 2.33. The number of carbonyl (C=O) groups is 1. The van der Waals surface area contributed by atoms with E-state index >= 15 is 0 Å². The Labute approximate surface area is 150 Å². The lowest BCUT2D eigenvalue weighted by Crippen LogP contribution is -2.33. The molecule has 0 spiro atoms. The van der Waals surface area contributed by atoms with Crippen LogP contribution in [0.2, 0.25) is 0 Å². The zero-order chi connectivity index (χ0) is 16.5. The van der Waals surface area contributed by atoms with E-state index in [1.165, 1.54) is 12.8 Å². The number of nitrogens with zero attached hydrogens (tertiary/aromatic N) is 1. The molecule has 4 rings (SSSR count). The minimum atomic E-state index is 0.190. The van der Waals surface area contributed by atoms with Crippen LogP contribution in [0.5, 0.6) is 5.75 Å². The SMILES string of the molecule is O=C1c2ccc(OCc3cccc(Br)c3)cc2CN1C1CCCC1. The number of hydrogen-bond acceptors (Lipinski definition) is 2. The Hall–Kier alpha value is -1.81. The molecular weight excluding hydrogens is 366 g/mol. The minimum absolute atomic E-state index is 0.190. The highest BCUT2D eigenvalue weighted by atomic mass is 79.9. The summed E-state index contributed by atoms with van der Waals surface area (Å²) in [7, 11) is 0. The van der Waals surface area contributed by atoms with Crippen molar-refractivity contribution < 1.29 is 9.53 Å². The largest absolute Gasteiger partial charge is 0.489 e. The van der Waals surface area contributed by atoms with Gasteiger partial charge in [-0.1, -0.05) is 40.9 Å². The van der Waals surface area contributed by atoms with Gasteiger partial charge < -0.3 is 9.64 Å². The van der Waals surface area contributed by atoms with Gasteiger partial charge in [-0.05, 0) is 54.3 Å². The van der Waals surface area contributed by atoms with E-state index in [9.17, 15) is 4.79 Å². The van der Waals surface area contributed by atoms with E-state index in [1.54, 1.807) is 0 Å². The number of benzene rings is 2. The summed E-state index contributed by atoms with van der Waals surface area (Å²) in [6.45, 7) is 1.26. The van der Waals surface area contributed by atoms with Gasteiger partial charge >= 0.3 is 0 Å². The molecule has 2 aliphatic rings. The van der Waals surface area contributed by atoms with Crippen LogP contribution < -0.4 is 4.74 Å². The van der Waals surface area contributed by atoms with E-state index in [2.05, 4.69) is 26.9 Å². The van der Waals surface area contributed by atoms with Gasteiger partial charge in [0.25, 0.3) is 5.91 Å². The summed E-state index contributed by atoms with van der Waals surface area (Å²) in [4.78, 5) is 14.6. The first-order valence-corrected chi connectivity index (χ1v) is 9.31. The summed E-state index contributed by atoms with van der Waals surface area (Å²) in [5.74, 6) is 1.02. The molecule has 1 amide bonds. The summed E-state index contributed by atoms with van der Waals surface area (Å²) in [6, 6.07) is 14.4. The molecule has 4 heteroatoms. The van der Waals surface area contributed by atoms with Gasteiger partial charge in [0.1, 0.15) is 12.4 Å². The number of rotatable bonds is 4. The molecule has 0 N–H and O–H groups in total. The molecule has 0 unspecified atom stereocenters. The van der Waals surface area contributed by atoms with Gasteiger partial charge in [-0.2, -0.15) is 0 Å². The Morgan fingerprint density at radius 2 is 1.96 bits per heavy atom. The number of hydrogen-bond donors (Lipinski definition) is 0. The lowest BCUT2D eigenvalue weighted by atomic mass is 10.1. The van der Waals surface area contributed by atoms with Crippen LogP contribution in [0.1, 0.15) is 47.2 Å². The van der Waals surface area contributed by atoms with Gasteiger partial charge in [-0.25, -0.2) is 0 Å². The van der Waals surface area contributed by atoms with E-state index in [4.69, 9.17) is 4.74 Å². The van der Waals surface area contributed by atoms with Crippen molar-refractivity contribution in [2.45, 2.75) is 44.9 Å². The molecule has 0 bridgehead atoms. The minimum Gasteiger partial charge on any atom is -0.489 e. The van der Waals surface area contributed by atoms with Crippen molar-refractivity contribution in [2.75, 3.05) is 0 Å². The first-order chi connectivity index (χ1) is 11.7. The fourth-order valence-electron chi connectivity index (χ4n) is 3.71. The second-order valence-corrected chi connectivity index (χ2v) is 7.52. The normalized spacial score (nSPS) is 17.4. The first kappa shape index (κ1) is 15.7. The Bertz CT molecular complexity index is 768. The van der Waals surface area contributed by atoms with Crippen LogP contribution in [0, 0.1) is 0 Å². The highest BCUT2D eigenvalue weighted by Gasteiger charge is 2.34. The van der Waals surface area contributed by atoms with Crippen LogP contribution in [-0.4, -0.2) is 16.8 Å². The summed E-state index contributed by atoms with van der Waals surface area (Å²) in [6.07, 6.45) is 4.77. The second-order valence-electron chi connectivity index (χ2n) is 6.61. The molecule has 0 atom stereocenters. The molecule has 2 aromatic rings. The summed E-state index contributed by atoms with van der Waals surface area (Å²) in [5, 5.41) is 0. The maximum atomic E-state index is 12.6. The molecule has 0 saturated heterocycles. The standard InChI is InChI=1S/C20H20BrNO2/c21-16-5-3-4-14(10-16)13-24-18-8-9-19-15(11-18)12-22(20(19)23)17-6-1-2-7-17/h3-5,8-11,17H,1-2,6-7,12-13H2. The lowest BCUT2D eigenvalue weighted by Gasteiger charge is -2.23. The third-order valence-electron chi connectivity index (χ3n) is 4.97. The van der Waals surface area contributed by atoms with Gasteiger partial charge in [0.2, 0.25) is 0 Å². The van der Waals surface area contributed by atoms with Gasteiger partial charge in [0.05, 0.1) is 0 Å². The zero-order valence-electron chi connectivity index (χ0n) is 13.5. The quantitative estimate of drug-likeness (QED) is 0.746. The van der Waals surface area contributed by atoms with Crippen LogP contribution in [-0.2, 0) is 13.2 Å². The van der Waals surface area contributed by atoms with Crippen molar-refractivity contribution in [3.63, 3.8) is 0 Å². The monoisotopic (exact) mass is 385 g/mol. The van der Waals surface area contributed by atoms with Crippen LogP contribution >= 0.6 is 15.9 Å². The van der Waals surface area contributed by atoms with E-state index in [-0.39, 0.29) is 5.91 Å². The first-order valence-electron chi connectivity index (χ1n) is 8.52. The van der Waals surface area contributed by atoms with Gasteiger partial charge in [0.15, 0.2) is 0 Å². The fraction of sp³-hybridized carbons (Fsp3) is 0.350. The summed E-state index contributed by atoms with van der Waals surface area (Å²) >= 11 is 3.48. The molecule has 1 aliphatic heterocycles. The van der Waals surface area contributed by atoms with Crippen LogP contribution in [0.4, 0.5) is 0 Å². The fourth-order valence-corrected chi connectivity index (χ4v) is 4.16. The molecule has 1 saturated carbocycles. The van der Waals surface area contributed by atoms with Crippen molar-refractivity contribution in [3.05, 3.63) is 63.6 Å². The van der Waals surface area contributed by atoms with Gasteiger partial charge in [-0.3, -0.25) is 4.79 Å². The topological polar surface area (TPSA) is 29.5 Å². The van der Waals surface area contributed by atoms with Crippen LogP contribution in [0.15, 0.2) is 46.9 Å². The molecule has 1 fully saturated rings. The predicted molar refractivity (Wildman–Crippen MR) is 97.0 cm³/mol. The van der Waals surface area contributed by atoms with Crippen molar-refractivity contribution in [2.24, 2.45) is 0 Å². The molecule has 1 aliphatic carbocycles. The number of halogens is 1. The summed E-state index contributed by atoms with van der Waals surface area (Å²) < 4.78 is 6.97. The molecule has 24 heavy (non-hydrogen) atoms.